The first-order valence-electron chi connectivity index (χ1n) is 6.25. The Morgan fingerprint density at radius 3 is 2.62 bits per heavy atom. The second kappa shape index (κ2) is 7.76. The van der Waals surface area contributed by atoms with Crippen LogP contribution in [0.25, 0.3) is 0 Å². The summed E-state index contributed by atoms with van der Waals surface area (Å²) < 4.78 is 5.33. The van der Waals surface area contributed by atoms with Gasteiger partial charge in [0.15, 0.2) is 0 Å². The van der Waals surface area contributed by atoms with E-state index in [-0.39, 0.29) is 6.04 Å². The smallest absolute Gasteiger partial charge is 0.137 e. The second-order valence-corrected chi connectivity index (χ2v) is 4.40. The zero-order valence-electron chi connectivity index (χ0n) is 10.2. The third-order valence-corrected chi connectivity index (χ3v) is 3.40. The molecule has 1 atom stereocenters. The lowest BCUT2D eigenvalue weighted by atomic mass is 9.99. The van der Waals surface area contributed by atoms with Gasteiger partial charge in [-0.15, -0.1) is 0 Å². The highest BCUT2D eigenvalue weighted by atomic mass is 16.5. The molecule has 0 aromatic rings. The summed E-state index contributed by atoms with van der Waals surface area (Å²) in [6.07, 6.45) is 5.70. The summed E-state index contributed by atoms with van der Waals surface area (Å²) >= 11 is 0. The summed E-state index contributed by atoms with van der Waals surface area (Å²) in [5.41, 5.74) is 4.50. The van der Waals surface area contributed by atoms with E-state index in [1.807, 2.05) is 0 Å². The van der Waals surface area contributed by atoms with Gasteiger partial charge in [0.05, 0.1) is 6.04 Å². The summed E-state index contributed by atoms with van der Waals surface area (Å²) in [5, 5.41) is 0. The number of nitrogens with two attached hydrogens (primary N) is 1. The molecule has 1 unspecified atom stereocenters. The van der Waals surface area contributed by atoms with Gasteiger partial charge in [0.2, 0.25) is 0 Å². The number of carbonyl (C=O) groups excluding carboxylic acids is 1. The van der Waals surface area contributed by atoms with Crippen molar-refractivity contribution in [3.63, 3.8) is 0 Å². The van der Waals surface area contributed by atoms with Crippen LogP contribution in [0.1, 0.15) is 25.7 Å². The first-order valence-corrected chi connectivity index (χ1v) is 6.25. The van der Waals surface area contributed by atoms with Gasteiger partial charge < -0.3 is 15.3 Å². The van der Waals surface area contributed by atoms with Crippen LogP contribution in [0.3, 0.4) is 0 Å². The van der Waals surface area contributed by atoms with Crippen LogP contribution in [0.5, 0.6) is 0 Å². The van der Waals surface area contributed by atoms with Crippen molar-refractivity contribution < 1.29 is 9.53 Å². The Balaban J connectivity index is 0.000000606. The van der Waals surface area contributed by atoms with Crippen LogP contribution in [-0.2, 0) is 9.53 Å². The SMILES string of the molecule is CN.O=CC1CCCN1CC1CCOCC1. The Morgan fingerprint density at radius 1 is 1.31 bits per heavy atom. The van der Waals surface area contributed by atoms with Crippen LogP contribution in [0.4, 0.5) is 0 Å². The van der Waals surface area contributed by atoms with Crippen LogP contribution in [0.2, 0.25) is 0 Å². The van der Waals surface area contributed by atoms with Gasteiger partial charge in [0.25, 0.3) is 0 Å². The van der Waals surface area contributed by atoms with Crippen molar-refractivity contribution in [3.05, 3.63) is 0 Å². The molecule has 0 amide bonds. The molecule has 0 spiro atoms. The van der Waals surface area contributed by atoms with Gasteiger partial charge in [0.1, 0.15) is 6.29 Å². The van der Waals surface area contributed by atoms with E-state index in [1.54, 1.807) is 0 Å². The van der Waals surface area contributed by atoms with Crippen molar-refractivity contribution in [2.24, 2.45) is 11.7 Å². The molecule has 94 valence electrons. The maximum Gasteiger partial charge on any atom is 0.137 e. The van der Waals surface area contributed by atoms with E-state index in [9.17, 15) is 4.79 Å². The Kier molecular flexibility index (Phi) is 6.61. The van der Waals surface area contributed by atoms with Gasteiger partial charge in [0, 0.05) is 19.8 Å². The molecular formula is C12H24N2O2. The van der Waals surface area contributed by atoms with Crippen LogP contribution in [-0.4, -0.2) is 50.6 Å². The molecular weight excluding hydrogens is 204 g/mol. The maximum atomic E-state index is 10.8. The van der Waals surface area contributed by atoms with Gasteiger partial charge in [-0.05, 0) is 45.2 Å². The molecule has 0 radical (unpaired) electrons. The average Bonchev–Trinajstić information content (AvgIpc) is 2.80. The zero-order valence-corrected chi connectivity index (χ0v) is 10.2. The summed E-state index contributed by atoms with van der Waals surface area (Å²) in [6.45, 7) is 4.03. The van der Waals surface area contributed by atoms with Gasteiger partial charge in [-0.1, -0.05) is 0 Å². The standard InChI is InChI=1S/C11H19NO2.CH5N/c13-9-11-2-1-5-12(11)8-10-3-6-14-7-4-10;1-2/h9-11H,1-8H2;2H2,1H3. The van der Waals surface area contributed by atoms with Gasteiger partial charge in [-0.25, -0.2) is 0 Å². The first-order chi connectivity index (χ1) is 7.90. The molecule has 4 heteroatoms. The minimum atomic E-state index is 0.206. The number of hydrogen-bond donors (Lipinski definition) is 1. The third kappa shape index (κ3) is 3.85. The lowest BCUT2D eigenvalue weighted by Crippen LogP contribution is -2.36. The van der Waals surface area contributed by atoms with E-state index >= 15 is 0 Å². The van der Waals surface area contributed by atoms with Crippen molar-refractivity contribution in [3.8, 4) is 0 Å². The van der Waals surface area contributed by atoms with Crippen molar-refractivity contribution in [1.82, 2.24) is 4.90 Å². The molecule has 0 bridgehead atoms. The number of rotatable bonds is 3. The van der Waals surface area contributed by atoms with Gasteiger partial charge in [-0.3, -0.25) is 4.90 Å². The van der Waals surface area contributed by atoms with E-state index in [0.717, 1.165) is 44.9 Å². The van der Waals surface area contributed by atoms with Gasteiger partial charge >= 0.3 is 0 Å². The van der Waals surface area contributed by atoms with Crippen molar-refractivity contribution >= 4 is 6.29 Å². The van der Waals surface area contributed by atoms with Crippen LogP contribution in [0.15, 0.2) is 0 Å². The lowest BCUT2D eigenvalue weighted by Gasteiger charge is -2.28. The maximum absolute atomic E-state index is 10.8. The fourth-order valence-corrected chi connectivity index (χ4v) is 2.49. The van der Waals surface area contributed by atoms with Crippen LogP contribution < -0.4 is 5.73 Å². The van der Waals surface area contributed by atoms with Crippen molar-refractivity contribution in [2.75, 3.05) is 33.4 Å². The van der Waals surface area contributed by atoms with E-state index in [2.05, 4.69) is 10.6 Å². The largest absolute Gasteiger partial charge is 0.381 e. The molecule has 0 aromatic heterocycles. The Bertz CT molecular complexity index is 193. The molecule has 0 aromatic carbocycles. The fraction of sp³-hybridized carbons (Fsp3) is 0.917. The van der Waals surface area contributed by atoms with Crippen LogP contribution >= 0.6 is 0 Å². The average molecular weight is 228 g/mol. The molecule has 0 aliphatic carbocycles. The number of carbonyl (C=O) groups is 1. The highest BCUT2D eigenvalue weighted by Crippen LogP contribution is 2.21. The predicted molar refractivity (Wildman–Crippen MR) is 64.3 cm³/mol. The van der Waals surface area contributed by atoms with E-state index in [4.69, 9.17) is 4.74 Å². The molecule has 4 nitrogen and oxygen atoms in total. The number of likely N-dealkylation sites (tertiary alicyclic amines) is 1. The summed E-state index contributed by atoms with van der Waals surface area (Å²) in [4.78, 5) is 13.1. The molecule has 2 aliphatic rings. The first kappa shape index (κ1) is 13.6. The predicted octanol–water partition coefficient (Wildman–Crippen LogP) is 0.651. The van der Waals surface area contributed by atoms with Gasteiger partial charge in [-0.2, -0.15) is 0 Å². The highest BCUT2D eigenvalue weighted by Gasteiger charge is 2.26. The van der Waals surface area contributed by atoms with E-state index in [1.165, 1.54) is 26.3 Å². The van der Waals surface area contributed by atoms with Crippen molar-refractivity contribution in [1.29, 1.82) is 0 Å². The summed E-state index contributed by atoms with van der Waals surface area (Å²) in [6, 6.07) is 0.206. The fourth-order valence-electron chi connectivity index (χ4n) is 2.49. The number of aldehydes is 1. The molecule has 2 aliphatic heterocycles. The topological polar surface area (TPSA) is 55.6 Å². The summed E-state index contributed by atoms with van der Waals surface area (Å²) in [5.74, 6) is 0.754. The zero-order chi connectivity index (χ0) is 11.8. The number of nitrogens with zero attached hydrogens (tertiary/aromatic N) is 1. The molecule has 2 heterocycles. The summed E-state index contributed by atoms with van der Waals surface area (Å²) in [7, 11) is 1.50. The quantitative estimate of drug-likeness (QED) is 0.721. The van der Waals surface area contributed by atoms with E-state index in [0.29, 0.717) is 0 Å². The molecule has 16 heavy (non-hydrogen) atoms. The lowest BCUT2D eigenvalue weighted by molar-refractivity contribution is -0.111. The number of hydrogen-bond acceptors (Lipinski definition) is 4. The minimum Gasteiger partial charge on any atom is -0.381 e. The third-order valence-electron chi connectivity index (χ3n) is 3.40. The second-order valence-electron chi connectivity index (χ2n) is 4.40. The van der Waals surface area contributed by atoms with Crippen LogP contribution in [0, 0.1) is 5.92 Å². The minimum absolute atomic E-state index is 0.206. The molecule has 2 saturated heterocycles. The van der Waals surface area contributed by atoms with E-state index < -0.39 is 0 Å². The normalized spacial score (nSPS) is 27.2. The molecule has 2 rings (SSSR count). The highest BCUT2D eigenvalue weighted by molar-refractivity contribution is 5.58. The molecule has 2 fully saturated rings. The molecule has 0 saturated carbocycles. The molecule has 2 N–H and O–H groups in total. The monoisotopic (exact) mass is 228 g/mol. The Labute approximate surface area is 98.1 Å². The Morgan fingerprint density at radius 2 is 2.00 bits per heavy atom. The number of ether oxygens (including phenoxy) is 1. The van der Waals surface area contributed by atoms with Crippen molar-refractivity contribution in [2.45, 2.75) is 31.7 Å². The Hall–Kier alpha value is -0.450.